The number of aromatic amines is 1. The van der Waals surface area contributed by atoms with Gasteiger partial charge >= 0.3 is 5.69 Å². The number of aromatic nitrogens is 2. The normalized spacial score (nSPS) is 19.1. The zero-order valence-corrected chi connectivity index (χ0v) is 19.4. The van der Waals surface area contributed by atoms with Crippen molar-refractivity contribution in [1.29, 1.82) is 0 Å². The van der Waals surface area contributed by atoms with E-state index in [4.69, 9.17) is 0 Å². The first-order valence-electron chi connectivity index (χ1n) is 11.8. The zero-order chi connectivity index (χ0) is 22.8. The second-order valence-electron chi connectivity index (χ2n) is 9.58. The van der Waals surface area contributed by atoms with Crippen LogP contribution in [0.5, 0.6) is 0 Å². The molecule has 1 aromatic heterocycles. The standard InChI is InChI=1S/C24H35N5O3/c1-16(2)17-6-12-28(13-7-17)22(30)15-27-10-8-19(9-11-27)29-21-5-4-18(23(31)25-3)14-20(21)26-24(29)32/h4-5,14,16-17,19H,6-13,15H2,1-3H3,(H,25,31)(H,26,32). The van der Waals surface area contributed by atoms with E-state index in [1.807, 2.05) is 15.5 Å². The average molecular weight is 442 g/mol. The zero-order valence-electron chi connectivity index (χ0n) is 19.4. The van der Waals surface area contributed by atoms with Crippen molar-refractivity contribution in [3.63, 3.8) is 0 Å². The highest BCUT2D eigenvalue weighted by Crippen LogP contribution is 2.27. The first-order valence-corrected chi connectivity index (χ1v) is 11.8. The maximum absolute atomic E-state index is 12.8. The highest BCUT2D eigenvalue weighted by molar-refractivity contribution is 5.97. The van der Waals surface area contributed by atoms with E-state index in [0.29, 0.717) is 23.5 Å². The number of piperidine rings is 2. The molecule has 174 valence electrons. The molecule has 0 bridgehead atoms. The number of H-pyrrole nitrogens is 1. The fraction of sp³-hybridized carbons (Fsp3) is 0.625. The number of benzene rings is 1. The number of carbonyl (C=O) groups excluding carboxylic acids is 2. The lowest BCUT2D eigenvalue weighted by Crippen LogP contribution is -2.46. The minimum absolute atomic E-state index is 0.0928. The van der Waals surface area contributed by atoms with Gasteiger partial charge in [0.1, 0.15) is 0 Å². The van der Waals surface area contributed by atoms with Crippen molar-refractivity contribution in [3.8, 4) is 0 Å². The third kappa shape index (κ3) is 4.60. The molecular weight excluding hydrogens is 406 g/mol. The van der Waals surface area contributed by atoms with Gasteiger partial charge in [0.05, 0.1) is 17.6 Å². The first-order chi connectivity index (χ1) is 15.4. The van der Waals surface area contributed by atoms with Gasteiger partial charge in [-0.25, -0.2) is 4.79 Å². The van der Waals surface area contributed by atoms with E-state index < -0.39 is 0 Å². The minimum atomic E-state index is -0.174. The van der Waals surface area contributed by atoms with Gasteiger partial charge in [-0.05, 0) is 55.7 Å². The second kappa shape index (κ2) is 9.48. The molecule has 2 aliphatic heterocycles. The Balaban J connectivity index is 1.35. The predicted octanol–water partition coefficient (Wildman–Crippen LogP) is 2.22. The molecule has 0 radical (unpaired) electrons. The summed E-state index contributed by atoms with van der Waals surface area (Å²) in [6, 6.07) is 5.41. The summed E-state index contributed by atoms with van der Waals surface area (Å²) in [4.78, 5) is 44.5. The van der Waals surface area contributed by atoms with Gasteiger partial charge in [-0.2, -0.15) is 0 Å². The van der Waals surface area contributed by atoms with Crippen LogP contribution in [0.3, 0.4) is 0 Å². The molecule has 0 unspecified atom stereocenters. The topological polar surface area (TPSA) is 90.4 Å². The Labute approximate surface area is 188 Å². The van der Waals surface area contributed by atoms with Crippen LogP contribution in [0.4, 0.5) is 0 Å². The van der Waals surface area contributed by atoms with E-state index in [1.165, 1.54) is 0 Å². The van der Waals surface area contributed by atoms with Gasteiger partial charge in [-0.3, -0.25) is 19.1 Å². The molecule has 4 rings (SSSR count). The third-order valence-corrected chi connectivity index (χ3v) is 7.32. The number of fused-ring (bicyclic) bond motifs is 1. The quantitative estimate of drug-likeness (QED) is 0.745. The molecule has 8 nitrogen and oxygen atoms in total. The molecule has 2 saturated heterocycles. The fourth-order valence-corrected chi connectivity index (χ4v) is 5.22. The van der Waals surface area contributed by atoms with Gasteiger partial charge in [-0.1, -0.05) is 13.8 Å². The summed E-state index contributed by atoms with van der Waals surface area (Å²) in [6.07, 6.45) is 3.87. The van der Waals surface area contributed by atoms with Crippen LogP contribution in [0.1, 0.15) is 55.9 Å². The van der Waals surface area contributed by atoms with Gasteiger partial charge in [0.2, 0.25) is 5.91 Å². The summed E-state index contributed by atoms with van der Waals surface area (Å²) in [6.45, 7) is 8.36. The number of hydrogen-bond donors (Lipinski definition) is 2. The smallest absolute Gasteiger partial charge is 0.326 e. The summed E-state index contributed by atoms with van der Waals surface area (Å²) in [5.41, 5.74) is 1.89. The Hall–Kier alpha value is -2.61. The Bertz CT molecular complexity index is 1020. The van der Waals surface area contributed by atoms with Crippen molar-refractivity contribution in [2.75, 3.05) is 39.8 Å². The number of amides is 2. The molecule has 1 aromatic carbocycles. The number of nitrogens with zero attached hydrogens (tertiary/aromatic N) is 3. The summed E-state index contributed by atoms with van der Waals surface area (Å²) in [7, 11) is 1.59. The third-order valence-electron chi connectivity index (χ3n) is 7.32. The van der Waals surface area contributed by atoms with Gasteiger partial charge in [0.15, 0.2) is 0 Å². The molecule has 3 heterocycles. The van der Waals surface area contributed by atoms with E-state index in [1.54, 1.807) is 19.2 Å². The minimum Gasteiger partial charge on any atom is -0.355 e. The van der Waals surface area contributed by atoms with E-state index in [-0.39, 0.29) is 23.5 Å². The Kier molecular flexibility index (Phi) is 6.69. The van der Waals surface area contributed by atoms with Crippen molar-refractivity contribution in [2.24, 2.45) is 11.8 Å². The summed E-state index contributed by atoms with van der Waals surface area (Å²) in [5.74, 6) is 1.48. The van der Waals surface area contributed by atoms with E-state index in [0.717, 1.165) is 63.3 Å². The second-order valence-corrected chi connectivity index (χ2v) is 9.58. The highest BCUT2D eigenvalue weighted by atomic mass is 16.2. The van der Waals surface area contributed by atoms with Crippen molar-refractivity contribution < 1.29 is 9.59 Å². The van der Waals surface area contributed by atoms with E-state index in [9.17, 15) is 14.4 Å². The number of imidazole rings is 1. The van der Waals surface area contributed by atoms with Crippen LogP contribution in [0.25, 0.3) is 11.0 Å². The van der Waals surface area contributed by atoms with Gasteiger partial charge in [-0.15, -0.1) is 0 Å². The number of likely N-dealkylation sites (tertiary alicyclic amines) is 2. The fourth-order valence-electron chi connectivity index (χ4n) is 5.22. The highest BCUT2D eigenvalue weighted by Gasteiger charge is 2.28. The predicted molar refractivity (Wildman–Crippen MR) is 125 cm³/mol. The molecule has 2 fully saturated rings. The average Bonchev–Trinajstić information content (AvgIpc) is 3.13. The van der Waals surface area contributed by atoms with Crippen molar-refractivity contribution in [3.05, 3.63) is 34.2 Å². The van der Waals surface area contributed by atoms with Crippen LogP contribution >= 0.6 is 0 Å². The largest absolute Gasteiger partial charge is 0.355 e. The Morgan fingerprint density at radius 3 is 2.41 bits per heavy atom. The lowest BCUT2D eigenvalue weighted by atomic mass is 9.87. The van der Waals surface area contributed by atoms with Crippen molar-refractivity contribution in [2.45, 2.75) is 45.6 Å². The SMILES string of the molecule is CNC(=O)c1ccc2c(c1)[nH]c(=O)n2C1CCN(CC(=O)N2CCC(C(C)C)CC2)CC1. The van der Waals surface area contributed by atoms with Crippen LogP contribution in [0.15, 0.2) is 23.0 Å². The van der Waals surface area contributed by atoms with Crippen molar-refractivity contribution in [1.82, 2.24) is 24.7 Å². The molecule has 0 spiro atoms. The van der Waals surface area contributed by atoms with Gasteiger partial charge < -0.3 is 15.2 Å². The van der Waals surface area contributed by atoms with Gasteiger partial charge in [0, 0.05) is 44.8 Å². The molecule has 0 aliphatic carbocycles. The number of hydrogen-bond acceptors (Lipinski definition) is 4. The van der Waals surface area contributed by atoms with Crippen LogP contribution in [0, 0.1) is 11.8 Å². The summed E-state index contributed by atoms with van der Waals surface area (Å²) in [5, 5.41) is 2.61. The molecule has 32 heavy (non-hydrogen) atoms. The van der Waals surface area contributed by atoms with Crippen LogP contribution in [-0.2, 0) is 4.79 Å². The molecule has 2 aromatic rings. The Morgan fingerprint density at radius 1 is 1.09 bits per heavy atom. The van der Waals surface area contributed by atoms with Crippen LogP contribution in [0.2, 0.25) is 0 Å². The molecule has 8 heteroatoms. The monoisotopic (exact) mass is 441 g/mol. The van der Waals surface area contributed by atoms with Gasteiger partial charge in [0.25, 0.3) is 5.91 Å². The molecule has 0 atom stereocenters. The van der Waals surface area contributed by atoms with E-state index >= 15 is 0 Å². The van der Waals surface area contributed by atoms with E-state index in [2.05, 4.69) is 29.0 Å². The molecule has 2 amide bonds. The summed E-state index contributed by atoms with van der Waals surface area (Å²) < 4.78 is 1.82. The maximum atomic E-state index is 12.8. The number of rotatable bonds is 5. The summed E-state index contributed by atoms with van der Waals surface area (Å²) >= 11 is 0. The molecule has 2 N–H and O–H groups in total. The molecular formula is C24H35N5O3. The lowest BCUT2D eigenvalue weighted by Gasteiger charge is -2.36. The molecule has 0 saturated carbocycles. The Morgan fingerprint density at radius 2 is 1.78 bits per heavy atom. The van der Waals surface area contributed by atoms with Crippen LogP contribution in [-0.4, -0.2) is 70.9 Å². The maximum Gasteiger partial charge on any atom is 0.326 e. The van der Waals surface area contributed by atoms with Crippen molar-refractivity contribution >= 4 is 22.8 Å². The lowest BCUT2D eigenvalue weighted by molar-refractivity contribution is -0.134. The molecule has 2 aliphatic rings. The first kappa shape index (κ1) is 22.6. The van der Waals surface area contributed by atoms with Crippen LogP contribution < -0.4 is 11.0 Å². The number of nitrogens with one attached hydrogen (secondary N) is 2. The number of carbonyl (C=O) groups is 2.